The van der Waals surface area contributed by atoms with Crippen LogP contribution in [0.25, 0.3) is 0 Å². The lowest BCUT2D eigenvalue weighted by Gasteiger charge is -2.33. The van der Waals surface area contributed by atoms with Crippen molar-refractivity contribution in [2.24, 2.45) is 0 Å². The van der Waals surface area contributed by atoms with Crippen molar-refractivity contribution in [1.29, 1.82) is 0 Å². The van der Waals surface area contributed by atoms with Gasteiger partial charge in [-0.15, -0.1) is 0 Å². The molecule has 1 atom stereocenters. The summed E-state index contributed by atoms with van der Waals surface area (Å²) in [5, 5.41) is 2.51. The van der Waals surface area contributed by atoms with Crippen LogP contribution in [0.15, 0.2) is 36.4 Å². The monoisotopic (exact) mass is 448 g/mol. The van der Waals surface area contributed by atoms with E-state index >= 15 is 0 Å². The Morgan fingerprint density at radius 1 is 1.15 bits per heavy atom. The second-order valence-corrected chi connectivity index (χ2v) is 9.19. The first kappa shape index (κ1) is 23.0. The third-order valence-electron chi connectivity index (χ3n) is 6.43. The Morgan fingerprint density at radius 3 is 2.76 bits per heavy atom. The number of likely N-dealkylation sites (tertiary alicyclic amines) is 1. The number of hydrogen-bond acceptors (Lipinski definition) is 4. The number of carbonyl (C=O) groups excluding carboxylic acids is 3. The number of benzene rings is 1. The maximum Gasteiger partial charge on any atom is 0.324 e. The van der Waals surface area contributed by atoms with E-state index in [4.69, 9.17) is 4.98 Å². The molecule has 2 aromatic rings. The highest BCUT2D eigenvalue weighted by atomic mass is 16.2. The van der Waals surface area contributed by atoms with Gasteiger partial charge in [0.2, 0.25) is 11.8 Å². The number of carbonyl (C=O) groups is 3. The molecule has 2 aliphatic rings. The van der Waals surface area contributed by atoms with E-state index in [9.17, 15) is 14.4 Å². The zero-order valence-electron chi connectivity index (χ0n) is 19.5. The average Bonchev–Trinajstić information content (AvgIpc) is 3.11. The van der Waals surface area contributed by atoms with Gasteiger partial charge < -0.3 is 10.2 Å². The number of aromatic nitrogens is 1. The predicted molar refractivity (Wildman–Crippen MR) is 126 cm³/mol. The van der Waals surface area contributed by atoms with Crippen molar-refractivity contribution >= 4 is 17.8 Å². The van der Waals surface area contributed by atoms with Crippen molar-refractivity contribution in [1.82, 2.24) is 20.1 Å². The molecule has 4 rings (SSSR count). The number of pyridine rings is 1. The van der Waals surface area contributed by atoms with E-state index in [-0.39, 0.29) is 36.9 Å². The van der Waals surface area contributed by atoms with Gasteiger partial charge in [-0.05, 0) is 62.8 Å². The summed E-state index contributed by atoms with van der Waals surface area (Å²) in [6.07, 6.45) is 3.67. The molecule has 1 aromatic heterocycles. The second kappa shape index (κ2) is 10.1. The molecule has 0 spiro atoms. The molecule has 33 heavy (non-hydrogen) atoms. The van der Waals surface area contributed by atoms with E-state index in [1.807, 2.05) is 11.8 Å². The van der Waals surface area contributed by atoms with Gasteiger partial charge in [-0.3, -0.25) is 19.5 Å². The standard InChI is InChI=1S/C26H32N4O3/c1-18-6-3-7-20(12-18)14-21-13-19(2)28-23(15-21)22-8-4-10-29(17-22)24(31)9-5-11-30-25(32)16-27-26(30)33/h3,6-7,12-13,15,22H,4-5,8-11,14,16-17H2,1-2H3,(H,27,33). The van der Waals surface area contributed by atoms with E-state index in [0.717, 1.165) is 37.2 Å². The van der Waals surface area contributed by atoms with Crippen LogP contribution in [0, 0.1) is 13.8 Å². The van der Waals surface area contributed by atoms with Crippen molar-refractivity contribution in [3.63, 3.8) is 0 Å². The molecule has 3 heterocycles. The second-order valence-electron chi connectivity index (χ2n) is 9.19. The number of imide groups is 1. The van der Waals surface area contributed by atoms with Crippen LogP contribution in [0.1, 0.15) is 59.7 Å². The molecule has 1 N–H and O–H groups in total. The molecule has 2 aliphatic heterocycles. The van der Waals surface area contributed by atoms with Crippen LogP contribution in [0.2, 0.25) is 0 Å². The fourth-order valence-electron chi connectivity index (χ4n) is 4.81. The number of aryl methyl sites for hydroxylation is 2. The molecule has 7 heteroatoms. The summed E-state index contributed by atoms with van der Waals surface area (Å²) < 4.78 is 0. The number of rotatable bonds is 7. The van der Waals surface area contributed by atoms with Gasteiger partial charge in [0.15, 0.2) is 0 Å². The van der Waals surface area contributed by atoms with E-state index < -0.39 is 0 Å². The zero-order valence-corrected chi connectivity index (χ0v) is 19.5. The Kier molecular flexibility index (Phi) is 7.06. The predicted octanol–water partition coefficient (Wildman–Crippen LogP) is 3.33. The molecule has 4 amide bonds. The van der Waals surface area contributed by atoms with Crippen LogP contribution >= 0.6 is 0 Å². The van der Waals surface area contributed by atoms with Gasteiger partial charge in [0.05, 0.1) is 6.54 Å². The Bertz CT molecular complexity index is 1040. The Labute approximate surface area is 195 Å². The van der Waals surface area contributed by atoms with E-state index in [0.29, 0.717) is 19.4 Å². The van der Waals surface area contributed by atoms with Gasteiger partial charge in [-0.2, -0.15) is 0 Å². The fourth-order valence-corrected chi connectivity index (χ4v) is 4.81. The largest absolute Gasteiger partial charge is 0.342 e. The molecule has 2 saturated heterocycles. The lowest BCUT2D eigenvalue weighted by Crippen LogP contribution is -2.40. The lowest BCUT2D eigenvalue weighted by atomic mass is 9.92. The number of piperidine rings is 1. The lowest BCUT2D eigenvalue weighted by molar-refractivity contribution is -0.133. The van der Waals surface area contributed by atoms with Crippen molar-refractivity contribution < 1.29 is 14.4 Å². The molecule has 1 aromatic carbocycles. The minimum absolute atomic E-state index is 0.0515. The summed E-state index contributed by atoms with van der Waals surface area (Å²) in [6.45, 7) is 5.90. The molecule has 1 unspecified atom stereocenters. The summed E-state index contributed by atoms with van der Waals surface area (Å²) in [4.78, 5) is 44.1. The molecule has 0 aliphatic carbocycles. The van der Waals surface area contributed by atoms with Crippen LogP contribution in [0.5, 0.6) is 0 Å². The Hall–Kier alpha value is -3.22. The minimum Gasteiger partial charge on any atom is -0.342 e. The molecular weight excluding hydrogens is 416 g/mol. The van der Waals surface area contributed by atoms with E-state index in [2.05, 4.69) is 48.6 Å². The number of nitrogens with zero attached hydrogens (tertiary/aromatic N) is 3. The third kappa shape index (κ3) is 5.78. The number of amides is 4. The smallest absolute Gasteiger partial charge is 0.324 e. The number of hydrogen-bond donors (Lipinski definition) is 1. The number of nitrogens with one attached hydrogen (secondary N) is 1. The topological polar surface area (TPSA) is 82.6 Å². The van der Waals surface area contributed by atoms with Crippen LogP contribution < -0.4 is 5.32 Å². The minimum atomic E-state index is -0.363. The highest BCUT2D eigenvalue weighted by molar-refractivity contribution is 6.01. The van der Waals surface area contributed by atoms with Crippen molar-refractivity contribution in [3.05, 3.63) is 64.5 Å². The first-order chi connectivity index (χ1) is 15.9. The van der Waals surface area contributed by atoms with Crippen molar-refractivity contribution in [3.8, 4) is 0 Å². The van der Waals surface area contributed by atoms with Gasteiger partial charge in [-0.1, -0.05) is 29.8 Å². The molecular formula is C26H32N4O3. The molecule has 0 saturated carbocycles. The first-order valence-electron chi connectivity index (χ1n) is 11.8. The zero-order chi connectivity index (χ0) is 23.4. The summed E-state index contributed by atoms with van der Waals surface area (Å²) in [5.41, 5.74) is 5.87. The SMILES string of the molecule is Cc1cccc(Cc2cc(C)nc(C3CCCN(C(=O)CCCN4C(=O)CNC4=O)C3)c2)c1. The molecule has 0 radical (unpaired) electrons. The summed E-state index contributed by atoms with van der Waals surface area (Å²) in [6, 6.07) is 12.6. The van der Waals surface area contributed by atoms with E-state index in [1.165, 1.54) is 21.6 Å². The van der Waals surface area contributed by atoms with Crippen molar-refractivity contribution in [2.75, 3.05) is 26.2 Å². The third-order valence-corrected chi connectivity index (χ3v) is 6.43. The van der Waals surface area contributed by atoms with Crippen LogP contribution in [0.3, 0.4) is 0 Å². The average molecular weight is 449 g/mol. The quantitative estimate of drug-likeness (QED) is 0.659. The van der Waals surface area contributed by atoms with Crippen LogP contribution in [-0.2, 0) is 16.0 Å². The van der Waals surface area contributed by atoms with Gasteiger partial charge >= 0.3 is 6.03 Å². The van der Waals surface area contributed by atoms with Crippen LogP contribution in [0.4, 0.5) is 4.79 Å². The van der Waals surface area contributed by atoms with E-state index in [1.54, 1.807) is 0 Å². The molecule has 174 valence electrons. The highest BCUT2D eigenvalue weighted by Gasteiger charge is 2.29. The Morgan fingerprint density at radius 2 is 2.00 bits per heavy atom. The normalized spacial score (nSPS) is 18.5. The summed E-state index contributed by atoms with van der Waals surface area (Å²) in [5.74, 6) is 0.0849. The van der Waals surface area contributed by atoms with Crippen LogP contribution in [-0.4, -0.2) is 58.8 Å². The molecule has 7 nitrogen and oxygen atoms in total. The van der Waals surface area contributed by atoms with Gasteiger partial charge in [0, 0.05) is 43.4 Å². The molecule has 0 bridgehead atoms. The summed E-state index contributed by atoms with van der Waals surface area (Å²) >= 11 is 0. The Balaban J connectivity index is 1.36. The first-order valence-corrected chi connectivity index (χ1v) is 11.8. The number of urea groups is 1. The maximum absolute atomic E-state index is 12.8. The molecule has 2 fully saturated rings. The van der Waals surface area contributed by atoms with Gasteiger partial charge in [0.1, 0.15) is 0 Å². The van der Waals surface area contributed by atoms with Crippen molar-refractivity contribution in [2.45, 2.75) is 51.9 Å². The maximum atomic E-state index is 12.8. The van der Waals surface area contributed by atoms with Gasteiger partial charge in [-0.25, -0.2) is 4.79 Å². The summed E-state index contributed by atoms with van der Waals surface area (Å²) in [7, 11) is 0. The van der Waals surface area contributed by atoms with Gasteiger partial charge in [0.25, 0.3) is 0 Å². The fraction of sp³-hybridized carbons (Fsp3) is 0.462. The highest BCUT2D eigenvalue weighted by Crippen LogP contribution is 2.28.